The minimum Gasteiger partial charge on any atom is -0.352 e. The number of carbonyl (C=O) groups excluding carboxylic acids is 3. The number of carbonyl (C=O) groups is 3. The van der Waals surface area contributed by atoms with E-state index in [-0.39, 0.29) is 17.0 Å². The highest BCUT2D eigenvalue weighted by Crippen LogP contribution is 2.57. The summed E-state index contributed by atoms with van der Waals surface area (Å²) in [6.07, 6.45) is 3.70. The average Bonchev–Trinajstić information content (AvgIpc) is 3.36. The molecule has 8 nitrogen and oxygen atoms in total. The number of non-ortho nitro benzene ring substituents is 1. The van der Waals surface area contributed by atoms with Crippen LogP contribution in [0.4, 0.5) is 17.1 Å². The zero-order chi connectivity index (χ0) is 26.1. The summed E-state index contributed by atoms with van der Waals surface area (Å²) in [5.74, 6) is -2.33. The zero-order valence-electron chi connectivity index (χ0n) is 19.6. The molecular weight excluding hydrogens is 494 g/mol. The highest BCUT2D eigenvalue weighted by Gasteiger charge is 2.69. The molecule has 1 N–H and O–H groups in total. The molecule has 3 heterocycles. The van der Waals surface area contributed by atoms with Crippen molar-refractivity contribution in [2.24, 2.45) is 5.92 Å². The summed E-state index contributed by atoms with van der Waals surface area (Å²) >= 11 is 6.24. The summed E-state index contributed by atoms with van der Waals surface area (Å²) in [6.45, 7) is 1.40. The summed E-state index contributed by atoms with van der Waals surface area (Å²) < 4.78 is 0. The van der Waals surface area contributed by atoms with Gasteiger partial charge in [0.15, 0.2) is 11.6 Å². The van der Waals surface area contributed by atoms with E-state index >= 15 is 0 Å². The number of rotatable bonds is 4. The molecule has 1 spiro atoms. The van der Waals surface area contributed by atoms with Crippen molar-refractivity contribution < 1.29 is 19.3 Å². The fraction of sp³-hybridized carbons (Fsp3) is 0.179. The third kappa shape index (κ3) is 3.12. The second-order valence-electron chi connectivity index (χ2n) is 9.49. The molecule has 0 saturated carbocycles. The Bertz CT molecular complexity index is 1570. The highest BCUT2D eigenvalue weighted by atomic mass is 35.5. The van der Waals surface area contributed by atoms with E-state index in [2.05, 4.69) is 5.32 Å². The number of nitro benzene ring substituents is 1. The van der Waals surface area contributed by atoms with Gasteiger partial charge in [-0.15, -0.1) is 0 Å². The average molecular weight is 514 g/mol. The number of ketones is 2. The monoisotopic (exact) mass is 513 g/mol. The number of nitrogens with one attached hydrogen (secondary N) is 1. The van der Waals surface area contributed by atoms with Crippen molar-refractivity contribution in [2.45, 2.75) is 24.4 Å². The zero-order valence-corrected chi connectivity index (χ0v) is 20.3. The van der Waals surface area contributed by atoms with Crippen LogP contribution >= 0.6 is 11.6 Å². The van der Waals surface area contributed by atoms with Crippen molar-refractivity contribution in [3.05, 3.63) is 105 Å². The smallest absolute Gasteiger partial charge is 0.270 e. The van der Waals surface area contributed by atoms with E-state index in [1.54, 1.807) is 42.5 Å². The van der Waals surface area contributed by atoms with E-state index in [0.29, 0.717) is 22.0 Å². The van der Waals surface area contributed by atoms with E-state index < -0.39 is 40.0 Å². The van der Waals surface area contributed by atoms with Crippen molar-refractivity contribution in [1.82, 2.24) is 0 Å². The largest absolute Gasteiger partial charge is 0.352 e. The Hall–Kier alpha value is -4.30. The maximum atomic E-state index is 14.3. The van der Waals surface area contributed by atoms with Crippen LogP contribution < -0.4 is 10.2 Å². The Balaban J connectivity index is 1.64. The topological polar surface area (TPSA) is 110 Å². The van der Waals surface area contributed by atoms with Crippen LogP contribution in [-0.4, -0.2) is 34.5 Å². The summed E-state index contributed by atoms with van der Waals surface area (Å²) in [5.41, 5.74) is 1.02. The molecule has 0 aliphatic carbocycles. The van der Waals surface area contributed by atoms with E-state index in [9.17, 15) is 24.5 Å². The molecule has 1 saturated heterocycles. The van der Waals surface area contributed by atoms with Gasteiger partial charge < -0.3 is 10.2 Å². The summed E-state index contributed by atoms with van der Waals surface area (Å²) in [4.78, 5) is 54.4. The molecule has 0 aromatic heterocycles. The molecule has 3 aliphatic rings. The van der Waals surface area contributed by atoms with Crippen molar-refractivity contribution in [2.75, 3.05) is 10.2 Å². The maximum Gasteiger partial charge on any atom is 0.270 e. The molecule has 4 atom stereocenters. The number of anilines is 2. The lowest BCUT2D eigenvalue weighted by atomic mass is 9.64. The fourth-order valence-corrected chi connectivity index (χ4v) is 6.44. The predicted octanol–water partition coefficient (Wildman–Crippen LogP) is 4.81. The molecule has 3 aliphatic heterocycles. The number of benzene rings is 3. The van der Waals surface area contributed by atoms with Crippen LogP contribution in [0.2, 0.25) is 5.02 Å². The number of para-hydroxylation sites is 1. The number of fused-ring (bicyclic) bond motifs is 6. The molecule has 37 heavy (non-hydrogen) atoms. The van der Waals surface area contributed by atoms with E-state index in [1.165, 1.54) is 31.2 Å². The quantitative estimate of drug-likeness (QED) is 0.304. The van der Waals surface area contributed by atoms with Crippen molar-refractivity contribution >= 4 is 52.2 Å². The van der Waals surface area contributed by atoms with Gasteiger partial charge >= 0.3 is 0 Å². The summed E-state index contributed by atoms with van der Waals surface area (Å²) in [6, 6.07) is 16.2. The van der Waals surface area contributed by atoms with Crippen molar-refractivity contribution in [3.63, 3.8) is 0 Å². The van der Waals surface area contributed by atoms with E-state index in [4.69, 9.17) is 11.6 Å². The molecule has 9 heteroatoms. The Morgan fingerprint density at radius 2 is 1.86 bits per heavy atom. The molecular formula is C28H20ClN3O5. The molecule has 1 amide bonds. The van der Waals surface area contributed by atoms with Crippen LogP contribution in [0.15, 0.2) is 72.8 Å². The predicted molar refractivity (Wildman–Crippen MR) is 139 cm³/mol. The molecule has 1 fully saturated rings. The van der Waals surface area contributed by atoms with Gasteiger partial charge in [-0.05, 0) is 42.3 Å². The second-order valence-corrected chi connectivity index (χ2v) is 9.92. The van der Waals surface area contributed by atoms with E-state index in [1.807, 2.05) is 17.1 Å². The second kappa shape index (κ2) is 8.11. The maximum absolute atomic E-state index is 14.3. The van der Waals surface area contributed by atoms with E-state index in [0.717, 1.165) is 5.56 Å². The minimum absolute atomic E-state index is 0.0714. The van der Waals surface area contributed by atoms with Gasteiger partial charge in [-0.25, -0.2) is 0 Å². The number of hydrogen-bond acceptors (Lipinski definition) is 6. The van der Waals surface area contributed by atoms with Crippen LogP contribution in [0.25, 0.3) is 6.08 Å². The normalized spacial score (nSPS) is 24.9. The third-order valence-corrected chi connectivity index (χ3v) is 7.87. The van der Waals surface area contributed by atoms with Gasteiger partial charge in [-0.1, -0.05) is 54.1 Å². The van der Waals surface area contributed by atoms with Crippen LogP contribution in [0.5, 0.6) is 0 Å². The first-order valence-corrected chi connectivity index (χ1v) is 12.1. The number of hydrogen-bond donors (Lipinski definition) is 1. The molecule has 3 aromatic rings. The minimum atomic E-state index is -1.44. The third-order valence-electron chi connectivity index (χ3n) is 7.64. The molecule has 0 unspecified atom stereocenters. The van der Waals surface area contributed by atoms with Gasteiger partial charge in [0.05, 0.1) is 22.9 Å². The van der Waals surface area contributed by atoms with Crippen LogP contribution in [0.1, 0.15) is 28.4 Å². The van der Waals surface area contributed by atoms with Crippen molar-refractivity contribution in [1.29, 1.82) is 0 Å². The molecule has 6 rings (SSSR count). The van der Waals surface area contributed by atoms with Gasteiger partial charge in [0.1, 0.15) is 5.41 Å². The Morgan fingerprint density at radius 3 is 2.62 bits per heavy atom. The summed E-state index contributed by atoms with van der Waals surface area (Å²) in [5, 5.41) is 14.9. The molecule has 0 radical (unpaired) electrons. The van der Waals surface area contributed by atoms with Crippen LogP contribution in [0.3, 0.4) is 0 Å². The lowest BCUT2D eigenvalue weighted by Crippen LogP contribution is -2.51. The standard InChI is InChI=1S/C28H20ClN3O5/c1-15(33)25-24(26(34)17-5-4-6-19(14-17)32(36)37)28(20-7-2-3-8-21(20)30-27(28)35)23-12-9-16-13-18(29)10-11-22(16)31(23)25/h2-14,23-25H,1H3,(H,30,35)/t23-,24+,25-,28-/m1/s1. The number of amides is 1. The van der Waals surface area contributed by atoms with Crippen LogP contribution in [0, 0.1) is 16.0 Å². The lowest BCUT2D eigenvalue weighted by molar-refractivity contribution is -0.384. The Kier molecular flexibility index (Phi) is 5.07. The lowest BCUT2D eigenvalue weighted by Gasteiger charge is -2.37. The number of Topliss-reactive ketones (excluding diaryl/α,β-unsaturated/α-hetero) is 2. The molecule has 184 valence electrons. The number of nitrogens with zero attached hydrogens (tertiary/aromatic N) is 2. The van der Waals surface area contributed by atoms with Gasteiger partial charge in [0.25, 0.3) is 5.69 Å². The summed E-state index contributed by atoms with van der Waals surface area (Å²) in [7, 11) is 0. The first kappa shape index (κ1) is 23.1. The molecule has 3 aromatic carbocycles. The van der Waals surface area contributed by atoms with Gasteiger partial charge in [-0.2, -0.15) is 0 Å². The Labute approximate surface area is 216 Å². The van der Waals surface area contributed by atoms with Gasteiger partial charge in [0, 0.05) is 34.1 Å². The number of halogens is 1. The van der Waals surface area contributed by atoms with Gasteiger partial charge in [0.2, 0.25) is 5.91 Å². The highest BCUT2D eigenvalue weighted by molar-refractivity contribution is 6.31. The first-order valence-electron chi connectivity index (χ1n) is 11.7. The molecule has 0 bridgehead atoms. The van der Waals surface area contributed by atoms with Crippen LogP contribution in [-0.2, 0) is 15.0 Å². The number of nitro groups is 1. The fourth-order valence-electron chi connectivity index (χ4n) is 6.26. The SMILES string of the molecule is CC(=O)[C@@H]1[C@@H](C(=O)c2cccc([N+](=O)[O-])c2)[C@]2(C(=O)Nc3ccccc32)[C@H]2C=Cc3cc(Cl)ccc3N12. The Morgan fingerprint density at radius 1 is 1.08 bits per heavy atom. The van der Waals surface area contributed by atoms with Crippen molar-refractivity contribution in [3.8, 4) is 0 Å². The first-order chi connectivity index (χ1) is 17.7. The van der Waals surface area contributed by atoms with Gasteiger partial charge in [-0.3, -0.25) is 24.5 Å².